The SMILES string of the molecule is Cc1ccc(-c2oc3cc(O)c(C(=O)O)cc3c2-c2cn(CCC(=O)Nc3cccc4ccccc34)nn2)cc1. The Morgan fingerprint density at radius 3 is 2.55 bits per heavy atom. The van der Waals surface area contributed by atoms with Crippen molar-refractivity contribution in [2.45, 2.75) is 19.9 Å². The molecule has 4 aromatic carbocycles. The summed E-state index contributed by atoms with van der Waals surface area (Å²) in [6, 6.07) is 24.0. The van der Waals surface area contributed by atoms with Crippen LogP contribution in [0.5, 0.6) is 5.75 Å². The molecule has 0 saturated heterocycles. The number of aryl methyl sites for hydroxylation is 2. The molecule has 0 radical (unpaired) electrons. The summed E-state index contributed by atoms with van der Waals surface area (Å²) in [6.07, 6.45) is 1.86. The van der Waals surface area contributed by atoms with Crippen LogP contribution < -0.4 is 5.32 Å². The third-order valence-corrected chi connectivity index (χ3v) is 6.78. The van der Waals surface area contributed by atoms with Gasteiger partial charge in [-0.3, -0.25) is 9.48 Å². The summed E-state index contributed by atoms with van der Waals surface area (Å²) in [5.41, 5.74) is 3.64. The van der Waals surface area contributed by atoms with Gasteiger partial charge < -0.3 is 19.9 Å². The van der Waals surface area contributed by atoms with Crippen LogP contribution in [-0.2, 0) is 11.3 Å². The van der Waals surface area contributed by atoms with Gasteiger partial charge in [0, 0.05) is 34.5 Å². The molecule has 0 aliphatic rings. The van der Waals surface area contributed by atoms with E-state index in [1.54, 1.807) is 10.9 Å². The van der Waals surface area contributed by atoms with Gasteiger partial charge in [0.1, 0.15) is 28.4 Å². The van der Waals surface area contributed by atoms with E-state index in [0.29, 0.717) is 28.0 Å². The highest BCUT2D eigenvalue weighted by atomic mass is 16.4. The van der Waals surface area contributed by atoms with Gasteiger partial charge in [0.05, 0.1) is 18.3 Å². The summed E-state index contributed by atoms with van der Waals surface area (Å²) >= 11 is 0. The van der Waals surface area contributed by atoms with E-state index in [-0.39, 0.29) is 24.4 Å². The maximum Gasteiger partial charge on any atom is 0.339 e. The first-order valence-corrected chi connectivity index (χ1v) is 12.7. The van der Waals surface area contributed by atoms with Gasteiger partial charge in [-0.2, -0.15) is 0 Å². The van der Waals surface area contributed by atoms with Gasteiger partial charge in [0.25, 0.3) is 0 Å². The molecule has 0 aliphatic heterocycles. The Hall–Kier alpha value is -5.44. The molecule has 9 heteroatoms. The van der Waals surface area contributed by atoms with Gasteiger partial charge in [0.2, 0.25) is 5.91 Å². The number of carboxylic acids is 1. The van der Waals surface area contributed by atoms with Crippen molar-refractivity contribution >= 4 is 39.3 Å². The van der Waals surface area contributed by atoms with Gasteiger partial charge >= 0.3 is 5.97 Å². The summed E-state index contributed by atoms with van der Waals surface area (Å²) in [5.74, 6) is -1.34. The van der Waals surface area contributed by atoms with Crippen molar-refractivity contribution < 1.29 is 24.2 Å². The van der Waals surface area contributed by atoms with Crippen LogP contribution in [0.25, 0.3) is 44.3 Å². The molecule has 6 rings (SSSR count). The number of aromatic carboxylic acids is 1. The first-order chi connectivity index (χ1) is 19.4. The lowest BCUT2D eigenvalue weighted by molar-refractivity contribution is -0.116. The number of hydrogen-bond acceptors (Lipinski definition) is 6. The van der Waals surface area contributed by atoms with Crippen LogP contribution in [0.1, 0.15) is 22.3 Å². The molecular formula is C31H24N4O5. The number of fused-ring (bicyclic) bond motifs is 2. The van der Waals surface area contributed by atoms with Crippen LogP contribution in [0.4, 0.5) is 5.69 Å². The Kier molecular flexibility index (Phi) is 6.24. The number of carbonyl (C=O) groups excluding carboxylic acids is 1. The molecular weight excluding hydrogens is 508 g/mol. The van der Waals surface area contributed by atoms with Crippen molar-refractivity contribution in [2.75, 3.05) is 5.32 Å². The number of anilines is 1. The summed E-state index contributed by atoms with van der Waals surface area (Å²) in [4.78, 5) is 24.5. The smallest absolute Gasteiger partial charge is 0.339 e. The van der Waals surface area contributed by atoms with Crippen LogP contribution in [0, 0.1) is 6.92 Å². The zero-order chi connectivity index (χ0) is 27.8. The first kappa shape index (κ1) is 24.9. The van der Waals surface area contributed by atoms with Gasteiger partial charge in [-0.25, -0.2) is 4.79 Å². The average molecular weight is 533 g/mol. The summed E-state index contributed by atoms with van der Waals surface area (Å²) < 4.78 is 7.67. The van der Waals surface area contributed by atoms with E-state index < -0.39 is 11.7 Å². The number of hydrogen-bond donors (Lipinski definition) is 3. The Morgan fingerprint density at radius 1 is 0.975 bits per heavy atom. The third kappa shape index (κ3) is 4.64. The van der Waals surface area contributed by atoms with Crippen LogP contribution in [-0.4, -0.2) is 37.1 Å². The molecule has 3 N–H and O–H groups in total. The number of amides is 1. The number of carboxylic acid groups (broad SMARTS) is 1. The number of rotatable bonds is 7. The standard InChI is InChI=1S/C31H24N4O5/c1-18-9-11-20(12-10-18)30-29(23-15-22(31(38)39)26(36)16-27(23)40-30)25-17-35(34-33-25)14-13-28(37)32-24-8-4-6-19-5-2-3-7-21(19)24/h2-12,15-17,36H,13-14H2,1H3,(H,32,37)(H,38,39). The summed E-state index contributed by atoms with van der Waals surface area (Å²) in [6.45, 7) is 2.25. The molecule has 0 aliphatic carbocycles. The van der Waals surface area contributed by atoms with Gasteiger partial charge in [-0.1, -0.05) is 71.4 Å². The monoisotopic (exact) mass is 532 g/mol. The molecule has 40 heavy (non-hydrogen) atoms. The summed E-state index contributed by atoms with van der Waals surface area (Å²) in [5, 5.41) is 33.8. The minimum atomic E-state index is -1.26. The minimum absolute atomic E-state index is 0.163. The molecule has 1 amide bonds. The van der Waals surface area contributed by atoms with E-state index in [0.717, 1.165) is 27.6 Å². The minimum Gasteiger partial charge on any atom is -0.507 e. The van der Waals surface area contributed by atoms with Gasteiger partial charge in [-0.15, -0.1) is 5.10 Å². The Morgan fingerprint density at radius 2 is 1.75 bits per heavy atom. The lowest BCUT2D eigenvalue weighted by Gasteiger charge is -2.08. The van der Waals surface area contributed by atoms with E-state index in [9.17, 15) is 19.8 Å². The van der Waals surface area contributed by atoms with Gasteiger partial charge in [0.15, 0.2) is 0 Å². The fourth-order valence-electron chi connectivity index (χ4n) is 4.75. The maximum absolute atomic E-state index is 12.8. The van der Waals surface area contributed by atoms with Crippen LogP contribution >= 0.6 is 0 Å². The van der Waals surface area contributed by atoms with Crippen LogP contribution in [0.15, 0.2) is 89.5 Å². The number of carbonyl (C=O) groups is 2. The highest BCUT2D eigenvalue weighted by molar-refractivity contribution is 6.05. The van der Waals surface area contributed by atoms with Crippen molar-refractivity contribution in [1.29, 1.82) is 0 Å². The average Bonchev–Trinajstić information content (AvgIpc) is 3.56. The number of aromatic nitrogens is 3. The van der Waals surface area contributed by atoms with E-state index in [1.807, 2.05) is 73.7 Å². The molecule has 198 valence electrons. The number of benzene rings is 4. The highest BCUT2D eigenvalue weighted by Gasteiger charge is 2.23. The number of furan rings is 1. The quantitative estimate of drug-likeness (QED) is 0.221. The second kappa shape index (κ2) is 10.0. The van der Waals surface area contributed by atoms with Crippen molar-refractivity contribution in [2.24, 2.45) is 0 Å². The fraction of sp³-hybridized carbons (Fsp3) is 0.0968. The molecule has 6 aromatic rings. The Bertz CT molecular complexity index is 1900. The van der Waals surface area contributed by atoms with Gasteiger partial charge in [-0.05, 0) is 24.4 Å². The number of phenols is 1. The van der Waals surface area contributed by atoms with Crippen molar-refractivity contribution in [3.63, 3.8) is 0 Å². The number of nitrogens with one attached hydrogen (secondary N) is 1. The van der Waals surface area contributed by atoms with Crippen molar-refractivity contribution in [1.82, 2.24) is 15.0 Å². The second-order valence-electron chi connectivity index (χ2n) is 9.53. The van der Waals surface area contributed by atoms with Crippen LogP contribution in [0.3, 0.4) is 0 Å². The second-order valence-corrected chi connectivity index (χ2v) is 9.53. The molecule has 0 atom stereocenters. The van der Waals surface area contributed by atoms with E-state index in [2.05, 4.69) is 15.6 Å². The molecule has 0 bridgehead atoms. The van der Waals surface area contributed by atoms with Crippen molar-refractivity contribution in [3.8, 4) is 28.3 Å². The Labute approximate surface area is 228 Å². The molecule has 0 unspecified atom stereocenters. The topological polar surface area (TPSA) is 130 Å². The zero-order valence-electron chi connectivity index (χ0n) is 21.5. The molecule has 2 heterocycles. The molecule has 0 saturated carbocycles. The van der Waals surface area contributed by atoms with Crippen molar-refractivity contribution in [3.05, 3.63) is 96.2 Å². The maximum atomic E-state index is 12.8. The molecule has 2 aromatic heterocycles. The van der Waals surface area contributed by atoms with E-state index in [4.69, 9.17) is 4.42 Å². The largest absolute Gasteiger partial charge is 0.507 e. The molecule has 0 spiro atoms. The number of aromatic hydroxyl groups is 1. The van der Waals surface area contributed by atoms with E-state index >= 15 is 0 Å². The zero-order valence-corrected chi connectivity index (χ0v) is 21.5. The number of nitrogens with zero attached hydrogens (tertiary/aromatic N) is 3. The van der Waals surface area contributed by atoms with Crippen LogP contribution in [0.2, 0.25) is 0 Å². The lowest BCUT2D eigenvalue weighted by Crippen LogP contribution is -2.15. The predicted octanol–water partition coefficient (Wildman–Crippen LogP) is 6.25. The molecule has 9 nitrogen and oxygen atoms in total. The molecule has 0 fully saturated rings. The fourth-order valence-corrected chi connectivity index (χ4v) is 4.75. The third-order valence-electron chi connectivity index (χ3n) is 6.78. The predicted molar refractivity (Wildman–Crippen MR) is 151 cm³/mol. The summed E-state index contributed by atoms with van der Waals surface area (Å²) in [7, 11) is 0. The van der Waals surface area contributed by atoms with E-state index in [1.165, 1.54) is 12.1 Å². The lowest BCUT2D eigenvalue weighted by atomic mass is 10.0. The first-order valence-electron chi connectivity index (χ1n) is 12.7. The normalized spacial score (nSPS) is 11.2. The Balaban J connectivity index is 1.30. The highest BCUT2D eigenvalue weighted by Crippen LogP contribution is 2.42.